The molecule has 0 bridgehead atoms. The van der Waals surface area contributed by atoms with E-state index in [1.807, 2.05) is 38.4 Å². The predicted octanol–water partition coefficient (Wildman–Crippen LogP) is 1.55. The molecule has 6 nitrogen and oxygen atoms in total. The van der Waals surface area contributed by atoms with Crippen LogP contribution in [0.5, 0.6) is 0 Å². The van der Waals surface area contributed by atoms with E-state index in [2.05, 4.69) is 10.00 Å². The first-order valence-electron chi connectivity index (χ1n) is 7.60. The molecule has 0 spiro atoms. The molecule has 0 fully saturated rings. The summed E-state index contributed by atoms with van der Waals surface area (Å²) in [5.74, 6) is -0.410. The van der Waals surface area contributed by atoms with Crippen molar-refractivity contribution in [1.82, 2.24) is 19.6 Å². The van der Waals surface area contributed by atoms with Crippen LogP contribution in [0.4, 0.5) is 0 Å². The minimum atomic E-state index is -0.410. The third-order valence-electron chi connectivity index (χ3n) is 3.27. The van der Waals surface area contributed by atoms with Gasteiger partial charge in [-0.2, -0.15) is 5.10 Å². The Kier molecular flexibility index (Phi) is 5.65. The van der Waals surface area contributed by atoms with Crippen molar-refractivity contribution < 1.29 is 4.79 Å². The smallest absolute Gasteiger partial charge is 0.211 e. The summed E-state index contributed by atoms with van der Waals surface area (Å²) in [7, 11) is 7.62. The van der Waals surface area contributed by atoms with Crippen molar-refractivity contribution in [2.24, 2.45) is 0 Å². The maximum absolute atomic E-state index is 12.1. The first-order valence-corrected chi connectivity index (χ1v) is 7.60. The lowest BCUT2D eigenvalue weighted by molar-refractivity contribution is 0.103. The highest BCUT2D eigenvalue weighted by Crippen LogP contribution is 2.09. The van der Waals surface area contributed by atoms with E-state index in [1.165, 1.54) is 22.4 Å². The minimum absolute atomic E-state index is 0.0898. The minimum Gasteiger partial charge on any atom is -0.383 e. The van der Waals surface area contributed by atoms with Crippen LogP contribution in [0.1, 0.15) is 16.1 Å². The van der Waals surface area contributed by atoms with Gasteiger partial charge in [-0.15, -0.1) is 0 Å². The van der Waals surface area contributed by atoms with Gasteiger partial charge in [0.15, 0.2) is 5.69 Å². The molecular formula is C18H22N4O2. The predicted molar refractivity (Wildman–Crippen MR) is 94.4 cm³/mol. The molecular weight excluding hydrogens is 304 g/mol. The van der Waals surface area contributed by atoms with E-state index in [-0.39, 0.29) is 11.1 Å². The summed E-state index contributed by atoms with van der Waals surface area (Å²) in [5.41, 5.74) is 1.50. The number of aromatic nitrogens is 2. The van der Waals surface area contributed by atoms with E-state index in [4.69, 9.17) is 0 Å². The van der Waals surface area contributed by atoms with Crippen molar-refractivity contribution in [1.29, 1.82) is 0 Å². The van der Waals surface area contributed by atoms with Crippen LogP contribution in [0.25, 0.3) is 5.69 Å². The average Bonchev–Trinajstić information content (AvgIpc) is 2.53. The molecule has 0 atom stereocenters. The first-order chi connectivity index (χ1) is 11.4. The highest BCUT2D eigenvalue weighted by atomic mass is 16.1. The van der Waals surface area contributed by atoms with Gasteiger partial charge in [0, 0.05) is 45.2 Å². The summed E-state index contributed by atoms with van der Waals surface area (Å²) in [5, 5.41) is 4.19. The van der Waals surface area contributed by atoms with Gasteiger partial charge in [0.25, 0.3) is 0 Å². The van der Waals surface area contributed by atoms with Crippen LogP contribution in [-0.4, -0.2) is 53.6 Å². The standard InChI is InChI=1S/C18H22N4O2/c1-20(2)11-9-16(23)18-17(24)10-12-22(19-18)15-7-5-14(6-8-15)13-21(3)4/h5-12H,13H2,1-4H3/b11-9+. The van der Waals surface area contributed by atoms with Gasteiger partial charge in [-0.25, -0.2) is 4.68 Å². The number of allylic oxidation sites excluding steroid dienone is 1. The zero-order chi connectivity index (χ0) is 17.7. The summed E-state index contributed by atoms with van der Waals surface area (Å²) in [4.78, 5) is 27.9. The number of ketones is 1. The number of nitrogens with zero attached hydrogens (tertiary/aromatic N) is 4. The van der Waals surface area contributed by atoms with E-state index in [0.717, 1.165) is 12.2 Å². The van der Waals surface area contributed by atoms with E-state index >= 15 is 0 Å². The molecule has 0 amide bonds. The van der Waals surface area contributed by atoms with Crippen molar-refractivity contribution in [3.63, 3.8) is 0 Å². The Labute approximate surface area is 141 Å². The highest BCUT2D eigenvalue weighted by molar-refractivity contribution is 6.02. The van der Waals surface area contributed by atoms with Crippen LogP contribution < -0.4 is 5.43 Å². The Morgan fingerprint density at radius 2 is 1.79 bits per heavy atom. The summed E-state index contributed by atoms with van der Waals surface area (Å²) in [6.07, 6.45) is 4.50. The summed E-state index contributed by atoms with van der Waals surface area (Å²) in [6.45, 7) is 0.844. The normalized spacial score (nSPS) is 11.2. The van der Waals surface area contributed by atoms with Gasteiger partial charge < -0.3 is 9.80 Å². The van der Waals surface area contributed by atoms with E-state index in [0.29, 0.717) is 0 Å². The second-order valence-electron chi connectivity index (χ2n) is 6.02. The van der Waals surface area contributed by atoms with Crippen LogP contribution >= 0.6 is 0 Å². The number of hydrogen-bond acceptors (Lipinski definition) is 5. The maximum Gasteiger partial charge on any atom is 0.211 e. The Morgan fingerprint density at radius 3 is 2.38 bits per heavy atom. The fourth-order valence-corrected chi connectivity index (χ4v) is 2.14. The van der Waals surface area contributed by atoms with Gasteiger partial charge in [-0.3, -0.25) is 9.59 Å². The fourth-order valence-electron chi connectivity index (χ4n) is 2.14. The molecule has 0 unspecified atom stereocenters. The molecule has 24 heavy (non-hydrogen) atoms. The Balaban J connectivity index is 2.30. The van der Waals surface area contributed by atoms with Crippen LogP contribution in [0.15, 0.2) is 53.6 Å². The number of carbonyl (C=O) groups is 1. The van der Waals surface area contributed by atoms with E-state index in [9.17, 15) is 9.59 Å². The highest BCUT2D eigenvalue weighted by Gasteiger charge is 2.10. The average molecular weight is 326 g/mol. The third kappa shape index (κ3) is 4.63. The van der Waals surface area contributed by atoms with Crippen LogP contribution in [0.2, 0.25) is 0 Å². The van der Waals surface area contributed by atoms with Crippen molar-refractivity contribution in [3.8, 4) is 5.69 Å². The van der Waals surface area contributed by atoms with E-state index < -0.39 is 5.78 Å². The Bertz CT molecular complexity index is 789. The monoisotopic (exact) mass is 326 g/mol. The molecule has 0 radical (unpaired) electrons. The fraction of sp³-hybridized carbons (Fsp3) is 0.278. The molecule has 0 saturated heterocycles. The van der Waals surface area contributed by atoms with Crippen molar-refractivity contribution in [3.05, 3.63) is 70.3 Å². The third-order valence-corrected chi connectivity index (χ3v) is 3.27. The van der Waals surface area contributed by atoms with Crippen LogP contribution in [0, 0.1) is 0 Å². The molecule has 0 aliphatic rings. The summed E-state index contributed by atoms with van der Waals surface area (Å²) in [6, 6.07) is 9.20. The second-order valence-corrected chi connectivity index (χ2v) is 6.02. The van der Waals surface area contributed by atoms with Crippen molar-refractivity contribution >= 4 is 5.78 Å². The molecule has 0 saturated carbocycles. The van der Waals surface area contributed by atoms with Gasteiger partial charge in [-0.05, 0) is 31.8 Å². The number of benzene rings is 1. The lowest BCUT2D eigenvalue weighted by Gasteiger charge is -2.11. The quantitative estimate of drug-likeness (QED) is 0.595. The molecule has 126 valence electrons. The zero-order valence-electron chi connectivity index (χ0n) is 14.4. The number of hydrogen-bond donors (Lipinski definition) is 0. The topological polar surface area (TPSA) is 58.4 Å². The molecule has 0 N–H and O–H groups in total. The maximum atomic E-state index is 12.1. The van der Waals surface area contributed by atoms with Crippen LogP contribution in [0.3, 0.4) is 0 Å². The summed E-state index contributed by atoms with van der Waals surface area (Å²) < 4.78 is 1.54. The molecule has 1 aromatic heterocycles. The molecule has 1 aromatic carbocycles. The second kappa shape index (κ2) is 7.70. The lowest BCUT2D eigenvalue weighted by Crippen LogP contribution is -2.20. The first kappa shape index (κ1) is 17.6. The Hall–Kier alpha value is -2.73. The SMILES string of the molecule is CN(C)/C=C/C(=O)c1nn(-c2ccc(CN(C)C)cc2)ccc1=O. The molecule has 2 rings (SSSR count). The summed E-state index contributed by atoms with van der Waals surface area (Å²) >= 11 is 0. The van der Waals surface area contributed by atoms with E-state index in [1.54, 1.807) is 31.4 Å². The molecule has 0 aliphatic carbocycles. The number of rotatable bonds is 6. The van der Waals surface area contributed by atoms with Gasteiger partial charge >= 0.3 is 0 Å². The van der Waals surface area contributed by atoms with Gasteiger partial charge in [0.1, 0.15) is 0 Å². The Morgan fingerprint density at radius 1 is 1.12 bits per heavy atom. The van der Waals surface area contributed by atoms with Crippen molar-refractivity contribution in [2.45, 2.75) is 6.54 Å². The van der Waals surface area contributed by atoms with Gasteiger partial charge in [-0.1, -0.05) is 12.1 Å². The van der Waals surface area contributed by atoms with Crippen LogP contribution in [-0.2, 0) is 6.54 Å². The molecule has 0 aliphatic heterocycles. The molecule has 6 heteroatoms. The number of carbonyl (C=O) groups excluding carboxylic acids is 1. The largest absolute Gasteiger partial charge is 0.383 e. The van der Waals surface area contributed by atoms with Gasteiger partial charge in [0.2, 0.25) is 11.2 Å². The lowest BCUT2D eigenvalue weighted by atomic mass is 10.2. The van der Waals surface area contributed by atoms with Crippen molar-refractivity contribution in [2.75, 3.05) is 28.2 Å². The zero-order valence-corrected chi connectivity index (χ0v) is 14.4. The molecule has 1 heterocycles. The molecule has 2 aromatic rings. The van der Waals surface area contributed by atoms with Gasteiger partial charge in [0.05, 0.1) is 5.69 Å².